The lowest BCUT2D eigenvalue weighted by Gasteiger charge is -2.07. The molecule has 0 spiro atoms. The Hall–Kier alpha value is -2.93. The van der Waals surface area contributed by atoms with E-state index < -0.39 is 0 Å². The van der Waals surface area contributed by atoms with Crippen molar-refractivity contribution in [2.24, 2.45) is 0 Å². The number of hydrogen-bond acceptors (Lipinski definition) is 5. The molecular weight excluding hydrogens is 394 g/mol. The molecule has 0 unspecified atom stereocenters. The fourth-order valence-electron chi connectivity index (χ4n) is 3.48. The molecule has 154 valence electrons. The van der Waals surface area contributed by atoms with Gasteiger partial charge in [-0.2, -0.15) is 0 Å². The Labute approximate surface area is 180 Å². The van der Waals surface area contributed by atoms with Crippen molar-refractivity contribution < 1.29 is 4.79 Å². The Morgan fingerprint density at radius 2 is 1.93 bits per heavy atom. The van der Waals surface area contributed by atoms with Gasteiger partial charge in [-0.15, -0.1) is 10.2 Å². The maximum atomic E-state index is 12.3. The molecule has 1 N–H and O–H groups in total. The van der Waals surface area contributed by atoms with Crippen LogP contribution in [-0.2, 0) is 11.3 Å². The fourth-order valence-corrected chi connectivity index (χ4v) is 4.20. The fraction of sp³-hybridized carbons (Fsp3) is 0.304. The van der Waals surface area contributed by atoms with Gasteiger partial charge in [-0.3, -0.25) is 4.79 Å². The van der Waals surface area contributed by atoms with E-state index in [2.05, 4.69) is 46.1 Å². The van der Waals surface area contributed by atoms with Crippen molar-refractivity contribution in [2.45, 2.75) is 45.3 Å². The van der Waals surface area contributed by atoms with Crippen molar-refractivity contribution in [1.29, 1.82) is 0 Å². The number of anilines is 1. The van der Waals surface area contributed by atoms with Crippen LogP contribution in [0.5, 0.6) is 0 Å². The van der Waals surface area contributed by atoms with Crippen LogP contribution in [0.4, 0.5) is 5.69 Å². The maximum Gasteiger partial charge on any atom is 0.225 e. The molecule has 0 bridgehead atoms. The highest BCUT2D eigenvalue weighted by Crippen LogP contribution is 2.27. The number of carbonyl (C=O) groups is 1. The van der Waals surface area contributed by atoms with Crippen molar-refractivity contribution in [3.8, 4) is 0 Å². The van der Waals surface area contributed by atoms with Crippen molar-refractivity contribution in [3.63, 3.8) is 0 Å². The van der Waals surface area contributed by atoms with Gasteiger partial charge in [-0.1, -0.05) is 43.0 Å². The maximum absolute atomic E-state index is 12.3. The Morgan fingerprint density at radius 3 is 2.73 bits per heavy atom. The van der Waals surface area contributed by atoms with E-state index in [1.54, 1.807) is 0 Å². The number of hydrogen-bond donors (Lipinski definition) is 1. The van der Waals surface area contributed by atoms with E-state index in [1.165, 1.54) is 17.3 Å². The van der Waals surface area contributed by atoms with Gasteiger partial charge in [-0.25, -0.2) is 4.98 Å². The zero-order valence-electron chi connectivity index (χ0n) is 17.5. The first-order valence-electron chi connectivity index (χ1n) is 10.2. The Balaban J connectivity index is 1.45. The van der Waals surface area contributed by atoms with Crippen molar-refractivity contribution in [3.05, 3.63) is 53.6 Å². The molecule has 0 atom stereocenters. The first-order chi connectivity index (χ1) is 14.6. The molecule has 2 heterocycles. The molecule has 30 heavy (non-hydrogen) atoms. The highest BCUT2D eigenvalue weighted by molar-refractivity contribution is 7.99. The van der Waals surface area contributed by atoms with Gasteiger partial charge in [0.05, 0.1) is 5.52 Å². The average molecular weight is 420 g/mol. The van der Waals surface area contributed by atoms with Crippen LogP contribution in [0.2, 0.25) is 0 Å². The number of thioether (sulfide) groups is 1. The minimum Gasteiger partial charge on any atom is -0.326 e. The van der Waals surface area contributed by atoms with Crippen LogP contribution >= 0.6 is 11.8 Å². The van der Waals surface area contributed by atoms with E-state index >= 15 is 0 Å². The number of aryl methyl sites for hydroxylation is 3. The number of aromatic nitrogens is 4. The molecule has 0 fully saturated rings. The summed E-state index contributed by atoms with van der Waals surface area (Å²) in [6, 6.07) is 14.1. The number of rotatable bonds is 7. The number of amides is 1. The summed E-state index contributed by atoms with van der Waals surface area (Å²) in [5, 5.41) is 13.4. The van der Waals surface area contributed by atoms with E-state index in [0.717, 1.165) is 46.3 Å². The summed E-state index contributed by atoms with van der Waals surface area (Å²) in [5.74, 6) is 0.581. The molecule has 0 aliphatic carbocycles. The molecule has 0 saturated heterocycles. The highest BCUT2D eigenvalue weighted by atomic mass is 32.2. The van der Waals surface area contributed by atoms with E-state index in [1.807, 2.05) is 37.3 Å². The predicted molar refractivity (Wildman–Crippen MR) is 123 cm³/mol. The van der Waals surface area contributed by atoms with Gasteiger partial charge in [0.1, 0.15) is 5.52 Å². The zero-order valence-corrected chi connectivity index (χ0v) is 18.3. The molecule has 0 aliphatic rings. The third kappa shape index (κ3) is 4.16. The molecule has 0 radical (unpaired) electrons. The first-order valence-corrected chi connectivity index (χ1v) is 11.2. The third-order valence-electron chi connectivity index (χ3n) is 5.15. The first kappa shape index (κ1) is 20.3. The van der Waals surface area contributed by atoms with Crippen LogP contribution in [0.25, 0.3) is 22.1 Å². The van der Waals surface area contributed by atoms with Crippen LogP contribution in [-0.4, -0.2) is 31.4 Å². The minimum atomic E-state index is -0.0140. The lowest BCUT2D eigenvalue weighted by atomic mass is 10.1. The summed E-state index contributed by atoms with van der Waals surface area (Å²) >= 11 is 1.46. The molecule has 1 amide bonds. The van der Waals surface area contributed by atoms with E-state index in [9.17, 15) is 4.79 Å². The van der Waals surface area contributed by atoms with Gasteiger partial charge >= 0.3 is 0 Å². The topological polar surface area (TPSA) is 72.7 Å². The van der Waals surface area contributed by atoms with Gasteiger partial charge in [0.15, 0.2) is 5.65 Å². The van der Waals surface area contributed by atoms with E-state index in [4.69, 9.17) is 4.98 Å². The normalized spacial score (nSPS) is 11.3. The molecule has 6 nitrogen and oxygen atoms in total. The summed E-state index contributed by atoms with van der Waals surface area (Å²) in [5.41, 5.74) is 6.02. The molecule has 0 aliphatic heterocycles. The zero-order chi connectivity index (χ0) is 21.1. The molecular formula is C23H25N5OS. The van der Waals surface area contributed by atoms with Crippen molar-refractivity contribution in [2.75, 3.05) is 11.1 Å². The molecule has 4 rings (SSSR count). The lowest BCUT2D eigenvalue weighted by Crippen LogP contribution is -2.12. The Kier molecular flexibility index (Phi) is 5.99. The third-order valence-corrected chi connectivity index (χ3v) is 5.99. The monoisotopic (exact) mass is 419 g/mol. The Morgan fingerprint density at radius 1 is 1.10 bits per heavy atom. The van der Waals surface area contributed by atoms with Crippen molar-refractivity contribution >= 4 is 45.4 Å². The van der Waals surface area contributed by atoms with Crippen LogP contribution in [0, 0.1) is 13.8 Å². The summed E-state index contributed by atoms with van der Waals surface area (Å²) in [6.45, 7) is 7.13. The second-order valence-corrected chi connectivity index (χ2v) is 8.44. The quantitative estimate of drug-likeness (QED) is 0.421. The van der Waals surface area contributed by atoms with Gasteiger partial charge < -0.3 is 9.88 Å². The standard InChI is InChI=1S/C23H25N5OS/c1-4-12-28-19-8-6-5-7-18(19)21-22(28)25-23(27-26-21)30-13-11-20(29)24-17-10-9-15(2)16(3)14-17/h5-10,14H,4,11-13H2,1-3H3,(H,24,29). The lowest BCUT2D eigenvalue weighted by molar-refractivity contribution is -0.115. The SMILES string of the molecule is CCCn1c2ccccc2c2nnc(SCCC(=O)Nc3ccc(C)c(C)c3)nc21. The second-order valence-electron chi connectivity index (χ2n) is 7.38. The predicted octanol–water partition coefficient (Wildman–Crippen LogP) is 5.13. The summed E-state index contributed by atoms with van der Waals surface area (Å²) < 4.78 is 2.20. The molecule has 2 aromatic heterocycles. The minimum absolute atomic E-state index is 0.0140. The van der Waals surface area contributed by atoms with Gasteiger partial charge in [-0.05, 0) is 49.6 Å². The summed E-state index contributed by atoms with van der Waals surface area (Å²) in [4.78, 5) is 17.0. The number of nitrogens with zero attached hydrogens (tertiary/aromatic N) is 4. The number of fused-ring (bicyclic) bond motifs is 3. The van der Waals surface area contributed by atoms with Gasteiger partial charge in [0.2, 0.25) is 11.1 Å². The number of carbonyl (C=O) groups excluding carboxylic acids is 1. The summed E-state index contributed by atoms with van der Waals surface area (Å²) in [6.07, 6.45) is 1.40. The van der Waals surface area contributed by atoms with E-state index in [-0.39, 0.29) is 5.91 Å². The number of nitrogens with one attached hydrogen (secondary N) is 1. The Bertz CT molecular complexity index is 1220. The average Bonchev–Trinajstić information content (AvgIpc) is 3.04. The highest BCUT2D eigenvalue weighted by Gasteiger charge is 2.14. The molecule has 2 aromatic carbocycles. The molecule has 4 aromatic rings. The van der Waals surface area contributed by atoms with Gasteiger partial charge in [0, 0.05) is 29.8 Å². The van der Waals surface area contributed by atoms with Crippen LogP contribution in [0.15, 0.2) is 47.6 Å². The smallest absolute Gasteiger partial charge is 0.225 e. The largest absolute Gasteiger partial charge is 0.326 e. The molecule has 0 saturated carbocycles. The van der Waals surface area contributed by atoms with Gasteiger partial charge in [0.25, 0.3) is 0 Å². The van der Waals surface area contributed by atoms with Crippen LogP contribution in [0.1, 0.15) is 30.9 Å². The second kappa shape index (κ2) is 8.83. The van der Waals surface area contributed by atoms with E-state index in [0.29, 0.717) is 17.3 Å². The molecule has 7 heteroatoms. The van der Waals surface area contributed by atoms with Crippen LogP contribution < -0.4 is 5.32 Å². The number of benzene rings is 2. The summed E-state index contributed by atoms with van der Waals surface area (Å²) in [7, 11) is 0. The van der Waals surface area contributed by atoms with Crippen molar-refractivity contribution in [1.82, 2.24) is 19.7 Å². The number of para-hydroxylation sites is 1. The van der Waals surface area contributed by atoms with Crippen LogP contribution in [0.3, 0.4) is 0 Å².